The van der Waals surface area contributed by atoms with Gasteiger partial charge >= 0.3 is 6.09 Å². The third kappa shape index (κ3) is 4.38. The van der Waals surface area contributed by atoms with Gasteiger partial charge in [0.05, 0.1) is 17.1 Å². The average Bonchev–Trinajstić information content (AvgIpc) is 2.95. The summed E-state index contributed by atoms with van der Waals surface area (Å²) in [5.41, 5.74) is 0.741. The molecule has 0 unspecified atom stereocenters. The molecule has 1 aromatic heterocycles. The monoisotopic (exact) mass is 396 g/mol. The Morgan fingerprint density at radius 3 is 2.59 bits per heavy atom. The molecule has 0 radical (unpaired) electrons. The minimum atomic E-state index is -3.89. The Morgan fingerprint density at radius 2 is 1.96 bits per heavy atom. The summed E-state index contributed by atoms with van der Waals surface area (Å²) in [5.74, 6) is -0.341. The second-order valence-corrected chi connectivity index (χ2v) is 8.92. The first-order valence-corrected chi connectivity index (χ1v) is 9.86. The molecule has 0 aliphatic carbocycles. The molecule has 2 N–H and O–H groups in total. The Bertz CT molecular complexity index is 948. The predicted molar refractivity (Wildman–Crippen MR) is 96.1 cm³/mol. The van der Waals surface area contributed by atoms with Gasteiger partial charge in [-0.25, -0.2) is 17.6 Å². The number of hydrogen-bond acceptors (Lipinski definition) is 5. The van der Waals surface area contributed by atoms with Gasteiger partial charge < -0.3 is 9.64 Å². The Balaban J connectivity index is 1.75. The number of sulfonamides is 1. The van der Waals surface area contributed by atoms with E-state index in [9.17, 15) is 17.6 Å². The second kappa shape index (κ2) is 6.84. The van der Waals surface area contributed by atoms with E-state index in [1.807, 2.05) is 0 Å². The summed E-state index contributed by atoms with van der Waals surface area (Å²) in [6.07, 6.45) is -0.0111. The van der Waals surface area contributed by atoms with Crippen molar-refractivity contribution in [3.05, 3.63) is 41.3 Å². The van der Waals surface area contributed by atoms with Crippen LogP contribution in [0.2, 0.25) is 0 Å². The highest BCUT2D eigenvalue weighted by atomic mass is 32.2. The molecule has 1 aliphatic heterocycles. The molecule has 0 bridgehead atoms. The number of anilines is 1. The molecular weight excluding hydrogens is 375 g/mol. The largest absolute Gasteiger partial charge is 0.444 e. The number of hydrogen-bond donors (Lipinski definition) is 2. The Hall–Kier alpha value is -2.62. The van der Waals surface area contributed by atoms with Crippen LogP contribution >= 0.6 is 0 Å². The number of aromatic amines is 1. The number of nitrogens with one attached hydrogen (secondary N) is 2. The normalized spacial score (nSPS) is 14.6. The maximum Gasteiger partial charge on any atom is 0.410 e. The molecule has 8 nitrogen and oxygen atoms in total. The zero-order chi connectivity index (χ0) is 19.8. The fraction of sp³-hybridized carbons (Fsp3) is 0.412. The summed E-state index contributed by atoms with van der Waals surface area (Å²) in [6.45, 7) is 6.00. The van der Waals surface area contributed by atoms with Crippen molar-refractivity contribution in [2.45, 2.75) is 44.2 Å². The first-order valence-electron chi connectivity index (χ1n) is 8.37. The zero-order valence-corrected chi connectivity index (χ0v) is 16.1. The van der Waals surface area contributed by atoms with Crippen LogP contribution in [0.1, 0.15) is 32.0 Å². The Morgan fingerprint density at radius 1 is 1.30 bits per heavy atom. The number of rotatable bonds is 3. The summed E-state index contributed by atoms with van der Waals surface area (Å²) < 4.78 is 45.7. The van der Waals surface area contributed by atoms with Gasteiger partial charge in [0.1, 0.15) is 11.4 Å². The van der Waals surface area contributed by atoms with Crippen molar-refractivity contribution < 1.29 is 22.3 Å². The fourth-order valence-electron chi connectivity index (χ4n) is 2.68. The molecule has 2 aromatic rings. The molecule has 0 fully saturated rings. The summed E-state index contributed by atoms with van der Waals surface area (Å²) in [4.78, 5) is 13.7. The number of amides is 1. The van der Waals surface area contributed by atoms with Crippen LogP contribution in [0.5, 0.6) is 0 Å². The summed E-state index contributed by atoms with van der Waals surface area (Å²) in [6, 6.07) is 4.52. The predicted octanol–water partition coefficient (Wildman–Crippen LogP) is 2.64. The second-order valence-electron chi connectivity index (χ2n) is 7.24. The molecular formula is C17H21FN4O4S. The third-order valence-corrected chi connectivity index (χ3v) is 5.30. The number of halogens is 1. The molecule has 0 atom stereocenters. The van der Waals surface area contributed by atoms with E-state index in [0.29, 0.717) is 24.2 Å². The summed E-state index contributed by atoms with van der Waals surface area (Å²) >= 11 is 0. The van der Waals surface area contributed by atoms with E-state index in [4.69, 9.17) is 4.74 Å². The average molecular weight is 396 g/mol. The van der Waals surface area contributed by atoms with Gasteiger partial charge in [0.15, 0.2) is 5.82 Å². The van der Waals surface area contributed by atoms with Crippen molar-refractivity contribution in [3.8, 4) is 0 Å². The number of carbonyl (C=O) groups is 1. The van der Waals surface area contributed by atoms with E-state index < -0.39 is 27.5 Å². The summed E-state index contributed by atoms with van der Waals surface area (Å²) in [5, 5.41) is 6.80. The van der Waals surface area contributed by atoms with Crippen LogP contribution in [0.25, 0.3) is 0 Å². The minimum Gasteiger partial charge on any atom is -0.444 e. The molecule has 0 saturated heterocycles. The van der Waals surface area contributed by atoms with Crippen molar-refractivity contribution in [2.75, 3.05) is 11.3 Å². The Kier molecular flexibility index (Phi) is 4.85. The number of ether oxygens (including phenoxy) is 1. The number of carbonyl (C=O) groups excluding carboxylic acids is 1. The Labute approximate surface area is 156 Å². The first kappa shape index (κ1) is 19.2. The fourth-order valence-corrected chi connectivity index (χ4v) is 3.72. The van der Waals surface area contributed by atoms with E-state index in [0.717, 1.165) is 12.1 Å². The third-order valence-electron chi connectivity index (χ3n) is 3.94. The lowest BCUT2D eigenvalue weighted by Crippen LogP contribution is -2.39. The zero-order valence-electron chi connectivity index (χ0n) is 15.2. The topological polar surface area (TPSA) is 104 Å². The lowest BCUT2D eigenvalue weighted by molar-refractivity contribution is 0.0221. The van der Waals surface area contributed by atoms with E-state index in [1.165, 1.54) is 17.0 Å². The van der Waals surface area contributed by atoms with Crippen molar-refractivity contribution in [1.82, 2.24) is 15.1 Å². The number of H-pyrrole nitrogens is 1. The molecule has 2 heterocycles. The SMILES string of the molecule is CC(C)(C)OC(=O)N1CCc2c(NS(=O)(=O)c3ccc(F)cc3)n[nH]c2C1. The number of aromatic nitrogens is 2. The number of nitrogens with zero attached hydrogens (tertiary/aromatic N) is 2. The van der Waals surface area contributed by atoms with Crippen LogP contribution in [0.3, 0.4) is 0 Å². The maximum absolute atomic E-state index is 13.0. The van der Waals surface area contributed by atoms with Gasteiger partial charge in [-0.2, -0.15) is 5.10 Å². The van der Waals surface area contributed by atoms with Crippen LogP contribution < -0.4 is 4.72 Å². The van der Waals surface area contributed by atoms with Crippen molar-refractivity contribution in [1.29, 1.82) is 0 Å². The van der Waals surface area contributed by atoms with E-state index >= 15 is 0 Å². The first-order chi connectivity index (χ1) is 12.5. The van der Waals surface area contributed by atoms with Gasteiger partial charge in [-0.3, -0.25) is 9.82 Å². The van der Waals surface area contributed by atoms with Crippen molar-refractivity contribution >= 4 is 21.9 Å². The van der Waals surface area contributed by atoms with Gasteiger partial charge in [-0.05, 0) is 51.5 Å². The number of benzene rings is 1. The highest BCUT2D eigenvalue weighted by molar-refractivity contribution is 7.92. The number of fused-ring (bicyclic) bond motifs is 1. The van der Waals surface area contributed by atoms with Gasteiger partial charge in [0.25, 0.3) is 10.0 Å². The molecule has 1 amide bonds. The van der Waals surface area contributed by atoms with Crippen molar-refractivity contribution in [2.24, 2.45) is 0 Å². The molecule has 0 spiro atoms. The van der Waals surface area contributed by atoms with Crippen LogP contribution in [0.4, 0.5) is 15.0 Å². The minimum absolute atomic E-state index is 0.0631. The van der Waals surface area contributed by atoms with Crippen LogP contribution in [0, 0.1) is 5.82 Å². The molecule has 146 valence electrons. The summed E-state index contributed by atoms with van der Waals surface area (Å²) in [7, 11) is -3.89. The van der Waals surface area contributed by atoms with E-state index in [2.05, 4.69) is 14.9 Å². The molecule has 3 rings (SSSR count). The highest BCUT2D eigenvalue weighted by Gasteiger charge is 2.29. The molecule has 27 heavy (non-hydrogen) atoms. The van der Waals surface area contributed by atoms with Gasteiger partial charge in [0, 0.05) is 12.1 Å². The quantitative estimate of drug-likeness (QED) is 0.830. The van der Waals surface area contributed by atoms with Crippen molar-refractivity contribution in [3.63, 3.8) is 0 Å². The van der Waals surface area contributed by atoms with Crippen LogP contribution in [-0.2, 0) is 27.7 Å². The van der Waals surface area contributed by atoms with Gasteiger partial charge in [-0.1, -0.05) is 0 Å². The molecule has 10 heteroatoms. The lowest BCUT2D eigenvalue weighted by Gasteiger charge is -2.29. The standard InChI is InChI=1S/C17H21FN4O4S/c1-17(2,3)26-16(23)22-9-8-13-14(10-22)19-20-15(13)21-27(24,25)12-6-4-11(18)5-7-12/h4-7H,8-10H2,1-3H3,(H2,19,20,21). The van der Waals surface area contributed by atoms with Gasteiger partial charge in [-0.15, -0.1) is 0 Å². The van der Waals surface area contributed by atoms with E-state index in [1.54, 1.807) is 20.8 Å². The van der Waals surface area contributed by atoms with Crippen LogP contribution in [0.15, 0.2) is 29.2 Å². The highest BCUT2D eigenvalue weighted by Crippen LogP contribution is 2.26. The van der Waals surface area contributed by atoms with Gasteiger partial charge in [0.2, 0.25) is 0 Å². The van der Waals surface area contributed by atoms with E-state index in [-0.39, 0.29) is 17.3 Å². The maximum atomic E-state index is 13.0. The lowest BCUT2D eigenvalue weighted by atomic mass is 10.1. The smallest absolute Gasteiger partial charge is 0.410 e. The molecule has 1 aliphatic rings. The molecule has 0 saturated carbocycles. The molecule has 1 aromatic carbocycles. The van der Waals surface area contributed by atoms with Crippen LogP contribution in [-0.4, -0.2) is 41.8 Å².